The molecule has 152 valence electrons. The number of aromatic carboxylic acids is 1. The number of nitrogens with two attached hydrogens (primary N) is 1. The molecule has 2 aliphatic rings. The van der Waals surface area contributed by atoms with Gasteiger partial charge in [0.05, 0.1) is 28.4 Å². The highest BCUT2D eigenvalue weighted by molar-refractivity contribution is 6.34. The van der Waals surface area contributed by atoms with E-state index in [2.05, 4.69) is 32.4 Å². The van der Waals surface area contributed by atoms with Crippen LogP contribution in [0.5, 0.6) is 0 Å². The number of carboxylic acid groups (broad SMARTS) is 1. The first-order valence-corrected chi connectivity index (χ1v) is 9.92. The van der Waals surface area contributed by atoms with E-state index < -0.39 is 5.97 Å². The number of nitrogens with zero attached hydrogens (tertiary/aromatic N) is 2. The van der Waals surface area contributed by atoms with Gasteiger partial charge in [-0.2, -0.15) is 0 Å². The number of fused-ring (bicyclic) bond motifs is 3. The van der Waals surface area contributed by atoms with Gasteiger partial charge in [0.15, 0.2) is 5.65 Å². The number of hydrogen-bond acceptors (Lipinski definition) is 5. The van der Waals surface area contributed by atoms with E-state index in [9.17, 15) is 9.59 Å². The van der Waals surface area contributed by atoms with Crippen molar-refractivity contribution >= 4 is 40.3 Å². The first-order chi connectivity index (χ1) is 14.4. The van der Waals surface area contributed by atoms with Gasteiger partial charge in [0, 0.05) is 11.6 Å². The lowest BCUT2D eigenvalue weighted by molar-refractivity contribution is -0.122. The summed E-state index contributed by atoms with van der Waals surface area (Å²) in [4.78, 5) is 35.2. The number of imidazole rings is 1. The summed E-state index contributed by atoms with van der Waals surface area (Å²) < 4.78 is 0. The molecule has 5 rings (SSSR count). The van der Waals surface area contributed by atoms with Crippen molar-refractivity contribution in [1.82, 2.24) is 15.0 Å². The molecule has 0 spiro atoms. The first-order valence-electron chi connectivity index (χ1n) is 9.54. The molecule has 30 heavy (non-hydrogen) atoms. The second-order valence-electron chi connectivity index (χ2n) is 7.69. The highest BCUT2D eigenvalue weighted by Gasteiger charge is 2.47. The van der Waals surface area contributed by atoms with Crippen molar-refractivity contribution in [2.24, 2.45) is 23.5 Å². The Balaban J connectivity index is 1.53. The molecule has 5 N–H and O–H groups in total. The minimum atomic E-state index is -0.991. The second-order valence-corrected chi connectivity index (χ2v) is 8.10. The molecule has 1 saturated carbocycles. The van der Waals surface area contributed by atoms with Crippen molar-refractivity contribution in [3.63, 3.8) is 0 Å². The number of rotatable bonds is 5. The number of primary amides is 1. The fraction of sp³-hybridized carbons (Fsp3) is 0.238. The summed E-state index contributed by atoms with van der Waals surface area (Å²) >= 11 is 6.45. The van der Waals surface area contributed by atoms with Gasteiger partial charge in [-0.1, -0.05) is 35.9 Å². The maximum Gasteiger partial charge on any atom is 0.335 e. The molecule has 0 aliphatic heterocycles. The highest BCUT2D eigenvalue weighted by atomic mass is 35.5. The number of carbonyl (C=O) groups excluding carboxylic acids is 1. The third-order valence-electron chi connectivity index (χ3n) is 5.98. The summed E-state index contributed by atoms with van der Waals surface area (Å²) in [5.41, 5.74) is 8.30. The van der Waals surface area contributed by atoms with Crippen LogP contribution in [0.2, 0.25) is 5.02 Å². The summed E-state index contributed by atoms with van der Waals surface area (Å²) in [6.07, 6.45) is 6.60. The molecule has 0 radical (unpaired) electrons. The van der Waals surface area contributed by atoms with Crippen molar-refractivity contribution in [3.8, 4) is 11.4 Å². The number of hydrogen-bond donors (Lipinski definition) is 4. The average molecular weight is 424 g/mol. The average Bonchev–Trinajstić information content (AvgIpc) is 3.44. The number of carboxylic acids is 1. The number of nitrogens with one attached hydrogen (secondary N) is 2. The number of H-pyrrole nitrogens is 1. The Morgan fingerprint density at radius 2 is 1.93 bits per heavy atom. The van der Waals surface area contributed by atoms with E-state index in [1.807, 2.05) is 0 Å². The molecule has 3 aromatic rings. The van der Waals surface area contributed by atoms with Crippen LogP contribution in [0.25, 0.3) is 22.6 Å². The second kappa shape index (κ2) is 6.84. The molecule has 1 fully saturated rings. The molecule has 9 heteroatoms. The fourth-order valence-corrected chi connectivity index (χ4v) is 4.75. The predicted molar refractivity (Wildman–Crippen MR) is 112 cm³/mol. The summed E-state index contributed by atoms with van der Waals surface area (Å²) in [6, 6.07) is 6.24. The number of benzene rings is 1. The van der Waals surface area contributed by atoms with Crippen LogP contribution < -0.4 is 11.1 Å². The van der Waals surface area contributed by atoms with E-state index in [0.29, 0.717) is 27.7 Å². The number of allylic oxidation sites excluding steroid dienone is 1. The summed E-state index contributed by atoms with van der Waals surface area (Å²) in [7, 11) is 0. The zero-order valence-corrected chi connectivity index (χ0v) is 16.4. The van der Waals surface area contributed by atoms with Crippen LogP contribution in [0.1, 0.15) is 16.8 Å². The Morgan fingerprint density at radius 1 is 1.20 bits per heavy atom. The lowest BCUT2D eigenvalue weighted by Crippen LogP contribution is -2.41. The third kappa shape index (κ3) is 2.91. The van der Waals surface area contributed by atoms with Crippen molar-refractivity contribution in [2.75, 3.05) is 5.32 Å². The van der Waals surface area contributed by atoms with E-state index in [-0.39, 0.29) is 35.3 Å². The van der Waals surface area contributed by atoms with Crippen LogP contribution >= 0.6 is 11.6 Å². The van der Waals surface area contributed by atoms with Crippen LogP contribution in [0, 0.1) is 17.8 Å². The van der Waals surface area contributed by atoms with E-state index in [4.69, 9.17) is 22.4 Å². The van der Waals surface area contributed by atoms with Crippen LogP contribution in [0.15, 0.2) is 42.6 Å². The van der Waals surface area contributed by atoms with Gasteiger partial charge in [0.2, 0.25) is 5.91 Å². The largest absolute Gasteiger partial charge is 0.478 e. The quantitative estimate of drug-likeness (QED) is 0.466. The Morgan fingerprint density at radius 3 is 2.63 bits per heavy atom. The molecule has 8 nitrogen and oxygen atoms in total. The normalized spacial score (nSPS) is 24.4. The SMILES string of the molecule is NC(=O)[C@@H]1[C@H](Nc2c(Cl)cnc3nc(-c4ccc(C(=O)O)cc4)[nH]c23)[C@H]2C=C[C@@H]1C2. The predicted octanol–water partition coefficient (Wildman–Crippen LogP) is 3.06. The fourth-order valence-electron chi connectivity index (χ4n) is 4.56. The van der Waals surface area contributed by atoms with Crippen LogP contribution in [-0.2, 0) is 4.79 Å². The van der Waals surface area contributed by atoms with Gasteiger partial charge >= 0.3 is 5.97 Å². The Bertz CT molecular complexity index is 1200. The molecular formula is C21H18ClN5O3. The van der Waals surface area contributed by atoms with Crippen molar-refractivity contribution in [3.05, 3.63) is 53.2 Å². The molecule has 0 unspecified atom stereocenters. The number of amides is 1. The molecule has 2 bridgehead atoms. The highest BCUT2D eigenvalue weighted by Crippen LogP contribution is 2.46. The zero-order chi connectivity index (χ0) is 21.0. The number of carbonyl (C=O) groups is 2. The minimum Gasteiger partial charge on any atom is -0.478 e. The van der Waals surface area contributed by atoms with E-state index in [1.54, 1.807) is 12.1 Å². The van der Waals surface area contributed by atoms with Gasteiger partial charge in [-0.25, -0.2) is 14.8 Å². The third-order valence-corrected chi connectivity index (χ3v) is 6.26. The smallest absolute Gasteiger partial charge is 0.335 e. The molecule has 1 amide bonds. The van der Waals surface area contributed by atoms with Gasteiger partial charge in [-0.15, -0.1) is 0 Å². The summed E-state index contributed by atoms with van der Waals surface area (Å²) in [5.74, 6) is -0.724. The maximum absolute atomic E-state index is 12.0. The van der Waals surface area contributed by atoms with Crippen LogP contribution in [-0.4, -0.2) is 38.0 Å². The van der Waals surface area contributed by atoms with Crippen LogP contribution in [0.4, 0.5) is 5.69 Å². The molecular weight excluding hydrogens is 406 g/mol. The first kappa shape index (κ1) is 18.6. The van der Waals surface area contributed by atoms with Crippen LogP contribution in [0.3, 0.4) is 0 Å². The van der Waals surface area contributed by atoms with Gasteiger partial charge in [0.1, 0.15) is 11.3 Å². The van der Waals surface area contributed by atoms with Crippen molar-refractivity contribution in [1.29, 1.82) is 0 Å². The molecule has 2 aromatic heterocycles. The standard InChI is InChI=1S/C21H18ClN5O3/c22-13-8-24-20-17(26-19(27-20)9-1-3-10(4-2-9)21(29)30)16(13)25-15-12-6-5-11(7-12)14(15)18(23)28/h1-6,8,11-12,14-15H,7H2,(H2,23,28)(H,29,30)(H2,24,25,26,27)/t11-,12+,14+,15-/m1/s1. The number of aromatic nitrogens is 3. The van der Waals surface area contributed by atoms with Crippen molar-refractivity contribution in [2.45, 2.75) is 12.5 Å². The lowest BCUT2D eigenvalue weighted by Gasteiger charge is -2.28. The number of anilines is 1. The minimum absolute atomic E-state index is 0.145. The topological polar surface area (TPSA) is 134 Å². The number of pyridine rings is 1. The van der Waals surface area contributed by atoms with Crippen molar-refractivity contribution < 1.29 is 14.7 Å². The van der Waals surface area contributed by atoms with E-state index >= 15 is 0 Å². The molecule has 0 saturated heterocycles. The lowest BCUT2D eigenvalue weighted by atomic mass is 9.88. The Labute approximate surface area is 176 Å². The van der Waals surface area contributed by atoms with Gasteiger partial charge in [-0.05, 0) is 30.4 Å². The monoisotopic (exact) mass is 423 g/mol. The number of halogens is 1. The summed E-state index contributed by atoms with van der Waals surface area (Å²) in [5, 5.41) is 12.9. The van der Waals surface area contributed by atoms with Gasteiger partial charge in [-0.3, -0.25) is 4.79 Å². The summed E-state index contributed by atoms with van der Waals surface area (Å²) in [6.45, 7) is 0. The number of aromatic amines is 1. The molecule has 4 atom stereocenters. The zero-order valence-electron chi connectivity index (χ0n) is 15.7. The Kier molecular flexibility index (Phi) is 4.25. The van der Waals surface area contributed by atoms with Gasteiger partial charge in [0.25, 0.3) is 0 Å². The molecule has 1 aromatic carbocycles. The van der Waals surface area contributed by atoms with E-state index in [0.717, 1.165) is 12.0 Å². The Hall–Kier alpha value is -3.39. The van der Waals surface area contributed by atoms with Gasteiger partial charge < -0.3 is 21.1 Å². The maximum atomic E-state index is 12.0. The molecule has 2 aliphatic carbocycles. The van der Waals surface area contributed by atoms with E-state index in [1.165, 1.54) is 18.3 Å². The molecule has 2 heterocycles.